The summed E-state index contributed by atoms with van der Waals surface area (Å²) in [6, 6.07) is 12.8. The molecule has 0 radical (unpaired) electrons. The zero-order chi connectivity index (χ0) is 16.2. The van der Waals surface area contributed by atoms with Crippen molar-refractivity contribution < 1.29 is 9.15 Å². The molecule has 0 amide bonds. The quantitative estimate of drug-likeness (QED) is 0.514. The van der Waals surface area contributed by atoms with Crippen LogP contribution in [0.25, 0.3) is 21.9 Å². The van der Waals surface area contributed by atoms with E-state index < -0.39 is 0 Å². The summed E-state index contributed by atoms with van der Waals surface area (Å²) in [5, 5.41) is 1.16. The number of rotatable bonds is 6. The maximum atomic E-state index is 12.6. The van der Waals surface area contributed by atoms with E-state index in [1.165, 1.54) is 0 Å². The number of benzene rings is 2. The average molecular weight is 311 g/mol. The highest BCUT2D eigenvalue weighted by atomic mass is 16.5. The smallest absolute Gasteiger partial charge is 0.200 e. The van der Waals surface area contributed by atoms with Gasteiger partial charge in [0.2, 0.25) is 5.43 Å². The monoisotopic (exact) mass is 311 g/mol. The van der Waals surface area contributed by atoms with Gasteiger partial charge in [0.05, 0.1) is 17.4 Å². The Labute approximate surface area is 135 Å². The predicted molar refractivity (Wildman–Crippen MR) is 93.3 cm³/mol. The largest absolute Gasteiger partial charge is 0.490 e. The molecule has 0 aliphatic heterocycles. The van der Waals surface area contributed by atoms with Crippen molar-refractivity contribution in [1.82, 2.24) is 4.90 Å². The van der Waals surface area contributed by atoms with Crippen LogP contribution in [-0.4, -0.2) is 32.1 Å². The van der Waals surface area contributed by atoms with Crippen molar-refractivity contribution in [2.75, 3.05) is 27.2 Å². The van der Waals surface area contributed by atoms with Crippen molar-refractivity contribution in [1.29, 1.82) is 0 Å². The highest BCUT2D eigenvalue weighted by Crippen LogP contribution is 2.27. The summed E-state index contributed by atoms with van der Waals surface area (Å²) in [4.78, 5) is 14.7. The standard InChI is InChI=1S/C19H21NO3/c1-20(2)12-5-6-13-22-17-11-7-9-15-18(21)14-8-3-4-10-16(14)23-19(15)17/h3-4,7-11H,5-6,12-13H2,1-2H3. The number of nitrogens with zero attached hydrogens (tertiary/aromatic N) is 1. The Morgan fingerprint density at radius 3 is 2.61 bits per heavy atom. The lowest BCUT2D eigenvalue weighted by molar-refractivity contribution is 0.293. The molecule has 0 unspecified atom stereocenters. The Morgan fingerprint density at radius 2 is 1.78 bits per heavy atom. The first-order valence-corrected chi connectivity index (χ1v) is 7.89. The van der Waals surface area contributed by atoms with Crippen LogP contribution < -0.4 is 10.2 Å². The van der Waals surface area contributed by atoms with Crippen molar-refractivity contribution in [3.8, 4) is 5.75 Å². The number of hydrogen-bond donors (Lipinski definition) is 0. The molecular formula is C19H21NO3. The number of ether oxygens (including phenoxy) is 1. The fraction of sp³-hybridized carbons (Fsp3) is 0.316. The van der Waals surface area contributed by atoms with Gasteiger partial charge in [0.15, 0.2) is 11.3 Å². The van der Waals surface area contributed by atoms with Crippen LogP contribution in [0.3, 0.4) is 0 Å². The normalized spacial score (nSPS) is 11.4. The Kier molecular flexibility index (Phi) is 4.63. The van der Waals surface area contributed by atoms with E-state index in [0.29, 0.717) is 34.3 Å². The Bertz CT molecular complexity index is 867. The fourth-order valence-corrected chi connectivity index (χ4v) is 2.62. The van der Waals surface area contributed by atoms with Gasteiger partial charge in [0.1, 0.15) is 5.58 Å². The zero-order valence-electron chi connectivity index (χ0n) is 13.5. The lowest BCUT2D eigenvalue weighted by atomic mass is 10.1. The van der Waals surface area contributed by atoms with Crippen molar-refractivity contribution in [3.63, 3.8) is 0 Å². The molecule has 0 aliphatic carbocycles. The molecule has 1 heterocycles. The third kappa shape index (κ3) is 3.37. The summed E-state index contributed by atoms with van der Waals surface area (Å²) < 4.78 is 11.8. The molecule has 0 aliphatic rings. The fourth-order valence-electron chi connectivity index (χ4n) is 2.62. The summed E-state index contributed by atoms with van der Waals surface area (Å²) in [6.45, 7) is 1.65. The first kappa shape index (κ1) is 15.6. The van der Waals surface area contributed by atoms with Crippen LogP contribution >= 0.6 is 0 Å². The van der Waals surface area contributed by atoms with Crippen molar-refractivity contribution in [2.45, 2.75) is 12.8 Å². The van der Waals surface area contributed by atoms with Gasteiger partial charge in [-0.05, 0) is 57.7 Å². The molecule has 4 heteroatoms. The molecule has 0 fully saturated rings. The van der Waals surface area contributed by atoms with Crippen LogP contribution in [0.1, 0.15) is 12.8 Å². The van der Waals surface area contributed by atoms with Crippen molar-refractivity contribution >= 4 is 21.9 Å². The minimum atomic E-state index is -0.0140. The molecule has 0 N–H and O–H groups in total. The highest BCUT2D eigenvalue weighted by molar-refractivity contribution is 5.92. The molecule has 0 atom stereocenters. The summed E-state index contributed by atoms with van der Waals surface area (Å²) in [5.41, 5.74) is 1.11. The predicted octanol–water partition coefficient (Wildman–Crippen LogP) is 3.67. The van der Waals surface area contributed by atoms with Crippen LogP contribution in [0, 0.1) is 0 Å². The molecule has 120 valence electrons. The number of fused-ring (bicyclic) bond motifs is 2. The molecule has 0 bridgehead atoms. The van der Waals surface area contributed by atoms with Crippen LogP contribution in [-0.2, 0) is 0 Å². The second-order valence-corrected chi connectivity index (χ2v) is 5.92. The number of unbranched alkanes of at least 4 members (excludes halogenated alkanes) is 1. The molecule has 0 saturated carbocycles. The van der Waals surface area contributed by atoms with E-state index in [1.807, 2.05) is 30.3 Å². The summed E-state index contributed by atoms with van der Waals surface area (Å²) >= 11 is 0. The minimum Gasteiger partial charge on any atom is -0.490 e. The van der Waals surface area contributed by atoms with Gasteiger partial charge in [-0.15, -0.1) is 0 Å². The van der Waals surface area contributed by atoms with Crippen LogP contribution in [0.5, 0.6) is 5.75 Å². The Morgan fingerprint density at radius 1 is 1.00 bits per heavy atom. The molecule has 3 rings (SSSR count). The van der Waals surface area contributed by atoms with Crippen LogP contribution in [0.2, 0.25) is 0 Å². The second kappa shape index (κ2) is 6.84. The third-order valence-corrected chi connectivity index (χ3v) is 3.82. The van der Waals surface area contributed by atoms with Gasteiger partial charge < -0.3 is 14.1 Å². The lowest BCUT2D eigenvalue weighted by Crippen LogP contribution is -2.13. The Hall–Kier alpha value is -2.33. The summed E-state index contributed by atoms with van der Waals surface area (Å²) in [6.07, 6.45) is 2.04. The van der Waals surface area contributed by atoms with Crippen molar-refractivity contribution in [3.05, 3.63) is 52.7 Å². The molecular weight excluding hydrogens is 290 g/mol. The topological polar surface area (TPSA) is 42.7 Å². The lowest BCUT2D eigenvalue weighted by Gasteiger charge is -2.11. The number of hydrogen-bond acceptors (Lipinski definition) is 4. The van der Waals surface area contributed by atoms with E-state index in [-0.39, 0.29) is 5.43 Å². The van der Waals surface area contributed by atoms with E-state index in [9.17, 15) is 4.79 Å². The van der Waals surface area contributed by atoms with Gasteiger partial charge in [0, 0.05) is 0 Å². The van der Waals surface area contributed by atoms with E-state index in [0.717, 1.165) is 19.4 Å². The summed E-state index contributed by atoms with van der Waals surface area (Å²) in [7, 11) is 4.12. The molecule has 1 aromatic heterocycles. The van der Waals surface area contributed by atoms with E-state index in [2.05, 4.69) is 19.0 Å². The average Bonchev–Trinajstić information content (AvgIpc) is 2.55. The Balaban J connectivity index is 1.88. The third-order valence-electron chi connectivity index (χ3n) is 3.82. The second-order valence-electron chi connectivity index (χ2n) is 5.92. The first-order chi connectivity index (χ1) is 11.2. The maximum Gasteiger partial charge on any atom is 0.200 e. The molecule has 4 nitrogen and oxygen atoms in total. The first-order valence-electron chi connectivity index (χ1n) is 7.89. The minimum absolute atomic E-state index is 0.0140. The van der Waals surface area contributed by atoms with Gasteiger partial charge in [0.25, 0.3) is 0 Å². The molecule has 0 saturated heterocycles. The van der Waals surface area contributed by atoms with Crippen LogP contribution in [0.4, 0.5) is 0 Å². The highest BCUT2D eigenvalue weighted by Gasteiger charge is 2.11. The van der Waals surface area contributed by atoms with Gasteiger partial charge in [-0.3, -0.25) is 4.79 Å². The van der Waals surface area contributed by atoms with Crippen molar-refractivity contribution in [2.24, 2.45) is 0 Å². The zero-order valence-corrected chi connectivity index (χ0v) is 13.5. The van der Waals surface area contributed by atoms with E-state index >= 15 is 0 Å². The van der Waals surface area contributed by atoms with Gasteiger partial charge in [-0.2, -0.15) is 0 Å². The molecule has 0 spiro atoms. The SMILES string of the molecule is CN(C)CCCCOc1cccc2c(=O)c3ccccc3oc12. The van der Waals surface area contributed by atoms with E-state index in [4.69, 9.17) is 9.15 Å². The van der Waals surface area contributed by atoms with Crippen LogP contribution in [0.15, 0.2) is 51.7 Å². The van der Waals surface area contributed by atoms with E-state index in [1.54, 1.807) is 12.1 Å². The molecule has 2 aromatic carbocycles. The van der Waals surface area contributed by atoms with Gasteiger partial charge in [-0.25, -0.2) is 0 Å². The summed E-state index contributed by atoms with van der Waals surface area (Å²) in [5.74, 6) is 0.634. The maximum absolute atomic E-state index is 12.6. The molecule has 3 aromatic rings. The molecule has 23 heavy (non-hydrogen) atoms. The number of para-hydroxylation sites is 2. The van der Waals surface area contributed by atoms with Gasteiger partial charge in [-0.1, -0.05) is 18.2 Å². The van der Waals surface area contributed by atoms with Gasteiger partial charge >= 0.3 is 0 Å².